The van der Waals surface area contributed by atoms with Crippen LogP contribution in [0.2, 0.25) is 0 Å². The molecule has 5 N–H and O–H groups in total. The van der Waals surface area contributed by atoms with Gasteiger partial charge in [-0.15, -0.1) is 24.8 Å². The van der Waals surface area contributed by atoms with Crippen molar-refractivity contribution in [3.8, 4) is 0 Å². The second-order valence-electron chi connectivity index (χ2n) is 3.66. The lowest BCUT2D eigenvalue weighted by Gasteiger charge is -2.13. The number of carboxylic acid groups (broad SMARTS) is 1. The van der Waals surface area contributed by atoms with E-state index >= 15 is 0 Å². The van der Waals surface area contributed by atoms with Gasteiger partial charge in [0.2, 0.25) is 0 Å². The van der Waals surface area contributed by atoms with E-state index in [0.717, 1.165) is 0 Å². The zero-order chi connectivity index (χ0) is 11.8. The number of hydrogen-bond donors (Lipinski definition) is 4. The molecule has 0 rings (SSSR count). The van der Waals surface area contributed by atoms with E-state index in [4.69, 9.17) is 16.2 Å². The summed E-state index contributed by atoms with van der Waals surface area (Å²) in [6.45, 7) is 2.40. The summed E-state index contributed by atoms with van der Waals surface area (Å²) in [5, 5.41) is 17.8. The third kappa shape index (κ3) is 13.5. The normalized spacial score (nSPS) is 12.9. The number of rotatable bonds is 8. The molecule has 0 aromatic rings. The first kappa shape index (κ1) is 21.8. The first-order valence-corrected chi connectivity index (χ1v) is 4.85. The van der Waals surface area contributed by atoms with E-state index in [1.807, 2.05) is 6.92 Å². The number of nitrogens with one attached hydrogen (secondary N) is 2. The molecule has 5 nitrogen and oxygen atoms in total. The van der Waals surface area contributed by atoms with Crippen LogP contribution in [0, 0.1) is 11.3 Å². The zero-order valence-electron chi connectivity index (χ0n) is 9.61. The largest absolute Gasteiger partial charge is 0.480 e. The second kappa shape index (κ2) is 12.0. The molecule has 17 heavy (non-hydrogen) atoms. The molecule has 0 aromatic heterocycles. The highest BCUT2D eigenvalue weighted by molar-refractivity contribution is 5.85. The van der Waals surface area contributed by atoms with Gasteiger partial charge in [-0.25, -0.2) is 0 Å². The van der Waals surface area contributed by atoms with Gasteiger partial charge in [-0.1, -0.05) is 6.92 Å². The molecule has 0 amide bonds. The Labute approximate surface area is 113 Å². The molecule has 0 aliphatic heterocycles. The lowest BCUT2D eigenvalue weighted by atomic mass is 10.0. The molecule has 0 aliphatic rings. The van der Waals surface area contributed by atoms with Crippen molar-refractivity contribution in [3.05, 3.63) is 0 Å². The SMILES string of the molecule is CC(CCC(N)C(=O)O)CNCC(=N)F.Cl.Cl. The molecule has 0 bridgehead atoms. The molecular weight excluding hydrogens is 272 g/mol. The molecule has 104 valence electrons. The average molecular weight is 292 g/mol. The van der Waals surface area contributed by atoms with Crippen molar-refractivity contribution in [2.75, 3.05) is 13.1 Å². The van der Waals surface area contributed by atoms with Gasteiger partial charge in [-0.3, -0.25) is 10.2 Å². The highest BCUT2D eigenvalue weighted by Crippen LogP contribution is 2.06. The summed E-state index contributed by atoms with van der Waals surface area (Å²) in [4.78, 5) is 10.4. The van der Waals surface area contributed by atoms with Gasteiger partial charge in [-0.2, -0.15) is 4.39 Å². The number of halogens is 3. The summed E-state index contributed by atoms with van der Waals surface area (Å²) in [5.74, 6) is -1.68. The van der Waals surface area contributed by atoms with Crippen molar-refractivity contribution in [2.45, 2.75) is 25.8 Å². The van der Waals surface area contributed by atoms with Crippen LogP contribution in [-0.4, -0.2) is 36.2 Å². The number of aliphatic carboxylic acids is 1. The Kier molecular flexibility index (Phi) is 15.4. The van der Waals surface area contributed by atoms with E-state index in [-0.39, 0.29) is 37.3 Å². The van der Waals surface area contributed by atoms with Crippen molar-refractivity contribution in [1.29, 1.82) is 5.41 Å². The van der Waals surface area contributed by atoms with Gasteiger partial charge < -0.3 is 16.2 Å². The van der Waals surface area contributed by atoms with Crippen molar-refractivity contribution in [3.63, 3.8) is 0 Å². The van der Waals surface area contributed by atoms with Gasteiger partial charge in [0.25, 0.3) is 0 Å². The number of nitrogens with two attached hydrogens (primary N) is 1. The van der Waals surface area contributed by atoms with Crippen molar-refractivity contribution >= 4 is 36.7 Å². The number of carbonyl (C=O) groups is 1. The smallest absolute Gasteiger partial charge is 0.320 e. The van der Waals surface area contributed by atoms with Gasteiger partial charge in [0.1, 0.15) is 6.04 Å². The second-order valence-corrected chi connectivity index (χ2v) is 3.66. The molecular formula is C9H20Cl2FN3O2. The Balaban J connectivity index is -0.000000980. The minimum absolute atomic E-state index is 0. The van der Waals surface area contributed by atoms with Crippen LogP contribution >= 0.6 is 24.8 Å². The standard InChI is InChI=1S/C9H18FN3O2.2ClH/c1-6(4-13-5-8(10)12)2-3-7(11)9(14)15;;/h6-7,12-13H,2-5,11H2,1H3,(H,14,15);2*1H. The fourth-order valence-electron chi connectivity index (χ4n) is 1.12. The molecule has 0 fully saturated rings. The maximum absolute atomic E-state index is 12.0. The summed E-state index contributed by atoms with van der Waals surface area (Å²) in [5.41, 5.74) is 5.33. The van der Waals surface area contributed by atoms with E-state index in [1.165, 1.54) is 0 Å². The van der Waals surface area contributed by atoms with Crippen LogP contribution in [0.5, 0.6) is 0 Å². The molecule has 0 saturated carbocycles. The molecule has 0 saturated heterocycles. The third-order valence-electron chi connectivity index (χ3n) is 2.06. The van der Waals surface area contributed by atoms with Gasteiger partial charge in [0.05, 0.1) is 6.54 Å². The first-order valence-electron chi connectivity index (χ1n) is 4.85. The lowest BCUT2D eigenvalue weighted by Crippen LogP contribution is -2.31. The minimum atomic E-state index is -0.999. The summed E-state index contributed by atoms with van der Waals surface area (Å²) in [6.07, 6.45) is 1.07. The predicted octanol–water partition coefficient (Wildman–Crippen LogP) is 1.19. The maximum atomic E-state index is 12.0. The monoisotopic (exact) mass is 291 g/mol. The highest BCUT2D eigenvalue weighted by atomic mass is 35.5. The van der Waals surface area contributed by atoms with Gasteiger partial charge >= 0.3 is 5.97 Å². The van der Waals surface area contributed by atoms with Crippen LogP contribution in [0.1, 0.15) is 19.8 Å². The summed E-state index contributed by atoms with van der Waals surface area (Å²) < 4.78 is 12.0. The molecule has 2 unspecified atom stereocenters. The molecule has 0 aliphatic carbocycles. The topological polar surface area (TPSA) is 99.2 Å². The quantitative estimate of drug-likeness (QED) is 0.505. The number of carboxylic acids is 1. The Morgan fingerprint density at radius 2 is 2.00 bits per heavy atom. The fraction of sp³-hybridized carbons (Fsp3) is 0.778. The Morgan fingerprint density at radius 3 is 2.41 bits per heavy atom. The van der Waals surface area contributed by atoms with Crippen LogP contribution in [0.4, 0.5) is 4.39 Å². The molecule has 8 heteroatoms. The van der Waals surface area contributed by atoms with Crippen LogP contribution in [0.25, 0.3) is 0 Å². The lowest BCUT2D eigenvalue weighted by molar-refractivity contribution is -0.138. The Morgan fingerprint density at radius 1 is 1.47 bits per heavy atom. The maximum Gasteiger partial charge on any atom is 0.320 e. The van der Waals surface area contributed by atoms with Gasteiger partial charge in [0.15, 0.2) is 5.97 Å². The molecule has 0 radical (unpaired) electrons. The van der Waals surface area contributed by atoms with E-state index < -0.39 is 18.0 Å². The summed E-state index contributed by atoms with van der Waals surface area (Å²) >= 11 is 0. The van der Waals surface area contributed by atoms with E-state index in [2.05, 4.69) is 5.32 Å². The molecule has 0 aromatic carbocycles. The van der Waals surface area contributed by atoms with E-state index in [9.17, 15) is 9.18 Å². The van der Waals surface area contributed by atoms with Crippen molar-refractivity contribution < 1.29 is 14.3 Å². The molecule has 0 heterocycles. The van der Waals surface area contributed by atoms with Crippen LogP contribution in [0.3, 0.4) is 0 Å². The van der Waals surface area contributed by atoms with Crippen LogP contribution < -0.4 is 11.1 Å². The number of hydrogen-bond acceptors (Lipinski definition) is 4. The zero-order valence-corrected chi connectivity index (χ0v) is 11.2. The van der Waals surface area contributed by atoms with Crippen molar-refractivity contribution in [2.24, 2.45) is 11.7 Å². The first-order chi connectivity index (χ1) is 6.93. The Bertz CT molecular complexity index is 232. The van der Waals surface area contributed by atoms with Gasteiger partial charge in [-0.05, 0) is 25.3 Å². The minimum Gasteiger partial charge on any atom is -0.480 e. The van der Waals surface area contributed by atoms with Crippen LogP contribution in [0.15, 0.2) is 0 Å². The molecule has 0 spiro atoms. The van der Waals surface area contributed by atoms with Crippen LogP contribution in [-0.2, 0) is 4.79 Å². The summed E-state index contributed by atoms with van der Waals surface area (Å²) in [7, 11) is 0. The van der Waals surface area contributed by atoms with Crippen molar-refractivity contribution in [1.82, 2.24) is 5.32 Å². The Hall–Kier alpha value is -0.430. The third-order valence-corrected chi connectivity index (χ3v) is 2.06. The molecule has 2 atom stereocenters. The van der Waals surface area contributed by atoms with E-state index in [0.29, 0.717) is 19.4 Å². The van der Waals surface area contributed by atoms with Gasteiger partial charge in [0, 0.05) is 0 Å². The predicted molar refractivity (Wildman–Crippen MR) is 70.2 cm³/mol. The fourth-order valence-corrected chi connectivity index (χ4v) is 1.12. The average Bonchev–Trinajstić information content (AvgIpc) is 2.13. The summed E-state index contributed by atoms with van der Waals surface area (Å²) in [6, 6.07) is -0.827. The van der Waals surface area contributed by atoms with E-state index in [1.54, 1.807) is 0 Å². The highest BCUT2D eigenvalue weighted by Gasteiger charge is 2.12.